The number of thioether (sulfide) groups is 1. The van der Waals surface area contributed by atoms with Gasteiger partial charge in [-0.3, -0.25) is 9.36 Å². The van der Waals surface area contributed by atoms with E-state index >= 15 is 0 Å². The Morgan fingerprint density at radius 2 is 2.00 bits per heavy atom. The van der Waals surface area contributed by atoms with E-state index < -0.39 is 0 Å². The Bertz CT molecular complexity index is 854. The molecule has 5 nitrogen and oxygen atoms in total. The van der Waals surface area contributed by atoms with Crippen LogP contribution in [0.1, 0.15) is 32.4 Å². The molecule has 1 aromatic carbocycles. The zero-order valence-electron chi connectivity index (χ0n) is 15.1. The number of carbonyl (C=O) groups excluding carboxylic acids is 1. The van der Waals surface area contributed by atoms with Crippen molar-refractivity contribution >= 4 is 34.7 Å². The summed E-state index contributed by atoms with van der Waals surface area (Å²) in [5.74, 6) is 1.11. The molecule has 0 spiro atoms. The fourth-order valence-electron chi connectivity index (χ4n) is 2.57. The summed E-state index contributed by atoms with van der Waals surface area (Å²) in [5, 5.41) is 14.4. The minimum atomic E-state index is -0.0461. The van der Waals surface area contributed by atoms with Gasteiger partial charge in [0.1, 0.15) is 0 Å². The Hall–Kier alpha value is -2.12. The molecule has 3 rings (SSSR count). The Balaban J connectivity index is 1.66. The first kappa shape index (κ1) is 18.7. The zero-order chi connectivity index (χ0) is 18.5. The molecule has 7 heteroatoms. The smallest absolute Gasteiger partial charge is 0.234 e. The van der Waals surface area contributed by atoms with Crippen molar-refractivity contribution in [3.63, 3.8) is 0 Å². The molecule has 26 heavy (non-hydrogen) atoms. The molecule has 2 heterocycles. The van der Waals surface area contributed by atoms with Crippen molar-refractivity contribution in [3.8, 4) is 10.7 Å². The summed E-state index contributed by atoms with van der Waals surface area (Å²) in [6.45, 7) is 6.30. The molecule has 0 atom stereocenters. The lowest BCUT2D eigenvalue weighted by Gasteiger charge is -2.13. The molecule has 1 N–H and O–H groups in total. The molecule has 0 radical (unpaired) electrons. The number of nitrogens with zero attached hydrogens (tertiary/aromatic N) is 3. The zero-order valence-corrected chi connectivity index (χ0v) is 16.7. The number of hydrogen-bond donors (Lipinski definition) is 1. The fourth-order valence-corrected chi connectivity index (χ4v) is 4.14. The number of rotatable bonds is 7. The molecule has 0 bridgehead atoms. The van der Waals surface area contributed by atoms with Crippen molar-refractivity contribution in [2.45, 2.75) is 38.4 Å². The van der Waals surface area contributed by atoms with E-state index in [0.717, 1.165) is 28.0 Å². The molecule has 136 valence electrons. The van der Waals surface area contributed by atoms with Gasteiger partial charge >= 0.3 is 0 Å². The molecule has 0 saturated heterocycles. The SMILES string of the molecule is CCc1ccc(NC(=O)CSc2nnc(-c3cccs3)n2C(C)C)cc1. The Kier molecular flexibility index (Phi) is 6.11. The van der Waals surface area contributed by atoms with Gasteiger partial charge in [-0.05, 0) is 49.4 Å². The number of anilines is 1. The van der Waals surface area contributed by atoms with Crippen molar-refractivity contribution in [2.75, 3.05) is 11.1 Å². The van der Waals surface area contributed by atoms with E-state index in [2.05, 4.69) is 40.9 Å². The highest BCUT2D eigenvalue weighted by Crippen LogP contribution is 2.30. The Labute approximate surface area is 161 Å². The number of aromatic nitrogens is 3. The summed E-state index contributed by atoms with van der Waals surface area (Å²) < 4.78 is 2.08. The standard InChI is InChI=1S/C19H22N4OS2/c1-4-14-7-9-15(10-8-14)20-17(24)12-26-19-22-21-18(23(19)13(2)3)16-6-5-11-25-16/h5-11,13H,4,12H2,1-3H3,(H,20,24). The highest BCUT2D eigenvalue weighted by atomic mass is 32.2. The highest BCUT2D eigenvalue weighted by Gasteiger charge is 2.18. The van der Waals surface area contributed by atoms with Crippen molar-refractivity contribution in [3.05, 3.63) is 47.3 Å². The normalized spacial score (nSPS) is 11.1. The van der Waals surface area contributed by atoms with Gasteiger partial charge in [-0.25, -0.2) is 0 Å². The number of nitrogens with one attached hydrogen (secondary N) is 1. The third-order valence-electron chi connectivity index (χ3n) is 3.90. The van der Waals surface area contributed by atoms with Crippen LogP contribution in [0.5, 0.6) is 0 Å². The van der Waals surface area contributed by atoms with Gasteiger partial charge in [-0.1, -0.05) is 36.9 Å². The van der Waals surface area contributed by atoms with Gasteiger partial charge in [-0.15, -0.1) is 21.5 Å². The topological polar surface area (TPSA) is 59.8 Å². The van der Waals surface area contributed by atoms with Crippen molar-refractivity contribution < 1.29 is 4.79 Å². The average molecular weight is 387 g/mol. The molecule has 2 aromatic heterocycles. The quantitative estimate of drug-likeness (QED) is 0.588. The maximum absolute atomic E-state index is 12.3. The van der Waals surface area contributed by atoms with E-state index in [0.29, 0.717) is 5.75 Å². The van der Waals surface area contributed by atoms with Crippen LogP contribution in [-0.4, -0.2) is 26.4 Å². The third kappa shape index (κ3) is 4.34. The number of carbonyl (C=O) groups is 1. The summed E-state index contributed by atoms with van der Waals surface area (Å²) in [4.78, 5) is 13.4. The molecule has 0 aliphatic heterocycles. The lowest BCUT2D eigenvalue weighted by Crippen LogP contribution is -2.15. The average Bonchev–Trinajstić information content (AvgIpc) is 3.29. The monoisotopic (exact) mass is 386 g/mol. The molecule has 0 aliphatic rings. The molecule has 0 fully saturated rings. The number of benzene rings is 1. The van der Waals surface area contributed by atoms with E-state index in [4.69, 9.17) is 0 Å². The predicted octanol–water partition coefficient (Wildman–Crippen LogP) is 4.88. The molecular formula is C19H22N4OS2. The molecule has 0 aliphatic carbocycles. The molecule has 0 unspecified atom stereocenters. The summed E-state index contributed by atoms with van der Waals surface area (Å²) in [7, 11) is 0. The van der Waals surface area contributed by atoms with Gasteiger partial charge in [0.15, 0.2) is 11.0 Å². The molecule has 1 amide bonds. The highest BCUT2D eigenvalue weighted by molar-refractivity contribution is 7.99. The second kappa shape index (κ2) is 8.51. The largest absolute Gasteiger partial charge is 0.325 e. The van der Waals surface area contributed by atoms with E-state index in [-0.39, 0.29) is 11.9 Å². The number of amides is 1. The van der Waals surface area contributed by atoms with Crippen LogP contribution in [-0.2, 0) is 11.2 Å². The van der Waals surface area contributed by atoms with Crippen LogP contribution >= 0.6 is 23.1 Å². The maximum Gasteiger partial charge on any atom is 0.234 e. The van der Waals surface area contributed by atoms with E-state index in [9.17, 15) is 4.79 Å². The summed E-state index contributed by atoms with van der Waals surface area (Å²) >= 11 is 3.05. The maximum atomic E-state index is 12.3. The predicted molar refractivity (Wildman–Crippen MR) is 109 cm³/mol. The Morgan fingerprint density at radius 3 is 2.62 bits per heavy atom. The molecular weight excluding hydrogens is 364 g/mol. The van der Waals surface area contributed by atoms with Crippen LogP contribution in [0.2, 0.25) is 0 Å². The van der Waals surface area contributed by atoms with Gasteiger partial charge in [0.2, 0.25) is 5.91 Å². The number of thiophene rings is 1. The number of hydrogen-bond acceptors (Lipinski definition) is 5. The van der Waals surface area contributed by atoms with Gasteiger partial charge < -0.3 is 5.32 Å². The van der Waals surface area contributed by atoms with Crippen LogP contribution in [0.3, 0.4) is 0 Å². The molecule has 3 aromatic rings. The second-order valence-corrected chi connectivity index (χ2v) is 8.02. The number of aryl methyl sites for hydroxylation is 1. The van der Waals surface area contributed by atoms with Gasteiger partial charge in [0.25, 0.3) is 0 Å². The summed E-state index contributed by atoms with van der Waals surface area (Å²) in [6, 6.07) is 12.2. The summed E-state index contributed by atoms with van der Waals surface area (Å²) in [6.07, 6.45) is 0.988. The van der Waals surface area contributed by atoms with Crippen LogP contribution in [0, 0.1) is 0 Å². The van der Waals surface area contributed by atoms with E-state index in [1.165, 1.54) is 17.3 Å². The molecule has 0 saturated carbocycles. The first-order valence-electron chi connectivity index (χ1n) is 8.58. The van der Waals surface area contributed by atoms with Crippen molar-refractivity contribution in [1.29, 1.82) is 0 Å². The minimum Gasteiger partial charge on any atom is -0.325 e. The van der Waals surface area contributed by atoms with Crippen LogP contribution in [0.15, 0.2) is 46.9 Å². The van der Waals surface area contributed by atoms with Gasteiger partial charge in [0.05, 0.1) is 10.6 Å². The minimum absolute atomic E-state index is 0.0461. The van der Waals surface area contributed by atoms with E-state index in [1.54, 1.807) is 11.3 Å². The van der Waals surface area contributed by atoms with Gasteiger partial charge in [0, 0.05) is 11.7 Å². The van der Waals surface area contributed by atoms with Crippen molar-refractivity contribution in [2.24, 2.45) is 0 Å². The first-order chi connectivity index (χ1) is 12.6. The van der Waals surface area contributed by atoms with Gasteiger partial charge in [-0.2, -0.15) is 0 Å². The second-order valence-electron chi connectivity index (χ2n) is 6.13. The van der Waals surface area contributed by atoms with Crippen LogP contribution in [0.4, 0.5) is 5.69 Å². The van der Waals surface area contributed by atoms with Crippen LogP contribution in [0.25, 0.3) is 10.7 Å². The summed E-state index contributed by atoms with van der Waals surface area (Å²) in [5.41, 5.74) is 2.07. The first-order valence-corrected chi connectivity index (χ1v) is 10.5. The lowest BCUT2D eigenvalue weighted by atomic mass is 10.1. The Morgan fingerprint density at radius 1 is 1.23 bits per heavy atom. The fraction of sp³-hybridized carbons (Fsp3) is 0.316. The third-order valence-corrected chi connectivity index (χ3v) is 5.71. The van der Waals surface area contributed by atoms with Crippen molar-refractivity contribution in [1.82, 2.24) is 14.8 Å². The lowest BCUT2D eigenvalue weighted by molar-refractivity contribution is -0.113. The van der Waals surface area contributed by atoms with Crippen LogP contribution < -0.4 is 5.32 Å². The van der Waals surface area contributed by atoms with E-state index in [1.807, 2.05) is 41.8 Å².